The summed E-state index contributed by atoms with van der Waals surface area (Å²) >= 11 is 0. The fraction of sp³-hybridized carbons (Fsp3) is 0.500. The Morgan fingerprint density at radius 1 is 1.25 bits per heavy atom. The van der Waals surface area contributed by atoms with E-state index in [1.165, 1.54) is 0 Å². The van der Waals surface area contributed by atoms with Crippen molar-refractivity contribution >= 4 is 23.5 Å². The maximum Gasteiger partial charge on any atom is 0.338 e. The minimum atomic E-state index is -0.360. The third kappa shape index (κ3) is 4.57. The van der Waals surface area contributed by atoms with E-state index < -0.39 is 0 Å². The molecule has 0 bridgehead atoms. The van der Waals surface area contributed by atoms with E-state index in [4.69, 9.17) is 4.74 Å². The predicted molar refractivity (Wildman–Crippen MR) is 90.6 cm³/mol. The van der Waals surface area contributed by atoms with Gasteiger partial charge in [-0.3, -0.25) is 9.59 Å². The molecule has 2 rings (SSSR count). The molecule has 0 aliphatic carbocycles. The zero-order valence-electron chi connectivity index (χ0n) is 14.2. The lowest BCUT2D eigenvalue weighted by Gasteiger charge is -2.13. The first-order valence-corrected chi connectivity index (χ1v) is 8.41. The molecule has 2 amide bonds. The van der Waals surface area contributed by atoms with E-state index in [1.807, 2.05) is 13.8 Å². The Morgan fingerprint density at radius 2 is 1.96 bits per heavy atom. The molecule has 1 heterocycles. The average molecular weight is 332 g/mol. The van der Waals surface area contributed by atoms with Crippen molar-refractivity contribution in [1.82, 2.24) is 4.90 Å². The Labute approximate surface area is 142 Å². The number of anilines is 1. The Bertz CT molecular complexity index is 598. The van der Waals surface area contributed by atoms with Gasteiger partial charge in [0.2, 0.25) is 11.8 Å². The van der Waals surface area contributed by atoms with Crippen LogP contribution in [0, 0.1) is 5.92 Å². The minimum Gasteiger partial charge on any atom is -0.462 e. The zero-order chi connectivity index (χ0) is 17.5. The lowest BCUT2D eigenvalue weighted by molar-refractivity contribution is -0.128. The van der Waals surface area contributed by atoms with Crippen LogP contribution in [0.4, 0.5) is 5.69 Å². The number of likely N-dealkylation sites (tertiary alicyclic amines) is 1. The van der Waals surface area contributed by atoms with Crippen molar-refractivity contribution in [3.05, 3.63) is 29.8 Å². The molecule has 130 valence electrons. The van der Waals surface area contributed by atoms with Gasteiger partial charge in [-0.1, -0.05) is 13.3 Å². The summed E-state index contributed by atoms with van der Waals surface area (Å²) in [4.78, 5) is 37.4. The normalized spacial score (nSPS) is 17.0. The molecular formula is C18H24N2O4. The van der Waals surface area contributed by atoms with Gasteiger partial charge in [-0.05, 0) is 37.6 Å². The second-order valence-electron chi connectivity index (χ2n) is 5.89. The molecule has 0 radical (unpaired) electrons. The number of esters is 1. The fourth-order valence-electron chi connectivity index (χ4n) is 2.58. The molecule has 0 spiro atoms. The topological polar surface area (TPSA) is 75.7 Å². The van der Waals surface area contributed by atoms with Crippen molar-refractivity contribution < 1.29 is 19.1 Å². The first kappa shape index (κ1) is 18.0. The van der Waals surface area contributed by atoms with Gasteiger partial charge in [0.15, 0.2) is 0 Å². The van der Waals surface area contributed by atoms with Crippen LogP contribution in [0.1, 0.15) is 43.5 Å². The van der Waals surface area contributed by atoms with Crippen molar-refractivity contribution in [2.24, 2.45) is 5.92 Å². The molecule has 1 aliphatic rings. The molecule has 6 nitrogen and oxygen atoms in total. The number of ether oxygens (including phenoxy) is 1. The van der Waals surface area contributed by atoms with Crippen LogP contribution in [0.3, 0.4) is 0 Å². The van der Waals surface area contributed by atoms with E-state index in [0.29, 0.717) is 30.9 Å². The lowest BCUT2D eigenvalue weighted by atomic mass is 10.1. The maximum absolute atomic E-state index is 12.2. The standard InChI is InChI=1S/C18H24N2O4/c1-3-5-10-24-18(23)13-6-8-15(9-7-13)19-17(22)14-11-16(21)20(4-2)12-14/h6-9,14H,3-5,10-12H2,1-2H3,(H,19,22). The van der Waals surface area contributed by atoms with Crippen molar-refractivity contribution in [2.75, 3.05) is 25.0 Å². The van der Waals surface area contributed by atoms with E-state index in [2.05, 4.69) is 5.32 Å². The molecule has 1 aromatic carbocycles. The Morgan fingerprint density at radius 3 is 2.54 bits per heavy atom. The van der Waals surface area contributed by atoms with E-state index >= 15 is 0 Å². The third-order valence-electron chi connectivity index (χ3n) is 4.09. The third-order valence-corrected chi connectivity index (χ3v) is 4.09. The number of hydrogen-bond donors (Lipinski definition) is 1. The highest BCUT2D eigenvalue weighted by molar-refractivity contribution is 5.97. The lowest BCUT2D eigenvalue weighted by Crippen LogP contribution is -2.28. The van der Waals surface area contributed by atoms with Gasteiger partial charge in [-0.2, -0.15) is 0 Å². The van der Waals surface area contributed by atoms with Gasteiger partial charge in [0.05, 0.1) is 18.1 Å². The molecule has 1 atom stereocenters. The molecule has 1 saturated heterocycles. The summed E-state index contributed by atoms with van der Waals surface area (Å²) in [6.07, 6.45) is 2.06. The molecular weight excluding hydrogens is 308 g/mol. The van der Waals surface area contributed by atoms with Crippen LogP contribution < -0.4 is 5.32 Å². The van der Waals surface area contributed by atoms with Gasteiger partial charge in [-0.15, -0.1) is 0 Å². The number of unbranched alkanes of at least 4 members (excludes halogenated alkanes) is 1. The molecule has 1 aliphatic heterocycles. The second kappa shape index (κ2) is 8.47. The summed E-state index contributed by atoms with van der Waals surface area (Å²) < 4.78 is 5.14. The van der Waals surface area contributed by atoms with Crippen molar-refractivity contribution in [2.45, 2.75) is 33.1 Å². The molecule has 0 saturated carbocycles. The van der Waals surface area contributed by atoms with Crippen LogP contribution in [-0.4, -0.2) is 42.4 Å². The van der Waals surface area contributed by atoms with Crippen LogP contribution >= 0.6 is 0 Å². The summed E-state index contributed by atoms with van der Waals surface area (Å²) in [5, 5.41) is 2.80. The summed E-state index contributed by atoms with van der Waals surface area (Å²) in [5.41, 5.74) is 1.06. The number of rotatable bonds is 7. The second-order valence-corrected chi connectivity index (χ2v) is 5.89. The number of benzene rings is 1. The first-order chi connectivity index (χ1) is 11.5. The number of nitrogens with one attached hydrogen (secondary N) is 1. The highest BCUT2D eigenvalue weighted by Gasteiger charge is 2.33. The largest absolute Gasteiger partial charge is 0.462 e. The predicted octanol–water partition coefficient (Wildman–Crippen LogP) is 2.45. The summed E-state index contributed by atoms with van der Waals surface area (Å²) in [6, 6.07) is 6.59. The van der Waals surface area contributed by atoms with Crippen LogP contribution in [0.2, 0.25) is 0 Å². The summed E-state index contributed by atoms with van der Waals surface area (Å²) in [7, 11) is 0. The van der Waals surface area contributed by atoms with Crippen molar-refractivity contribution in [3.8, 4) is 0 Å². The zero-order valence-corrected chi connectivity index (χ0v) is 14.2. The van der Waals surface area contributed by atoms with Crippen LogP contribution in [0.25, 0.3) is 0 Å². The van der Waals surface area contributed by atoms with E-state index in [9.17, 15) is 14.4 Å². The molecule has 24 heavy (non-hydrogen) atoms. The Kier molecular flexibility index (Phi) is 6.35. The van der Waals surface area contributed by atoms with E-state index in [0.717, 1.165) is 12.8 Å². The van der Waals surface area contributed by atoms with Gasteiger partial charge in [0.25, 0.3) is 0 Å². The molecule has 6 heteroatoms. The van der Waals surface area contributed by atoms with Gasteiger partial charge >= 0.3 is 5.97 Å². The quantitative estimate of drug-likeness (QED) is 0.615. The molecule has 0 aromatic heterocycles. The molecule has 1 fully saturated rings. The summed E-state index contributed by atoms with van der Waals surface area (Å²) in [5.74, 6) is -0.835. The maximum atomic E-state index is 12.2. The van der Waals surface area contributed by atoms with E-state index in [-0.39, 0.29) is 30.1 Å². The van der Waals surface area contributed by atoms with Gasteiger partial charge in [-0.25, -0.2) is 4.79 Å². The van der Waals surface area contributed by atoms with E-state index in [1.54, 1.807) is 29.2 Å². The van der Waals surface area contributed by atoms with Crippen molar-refractivity contribution in [1.29, 1.82) is 0 Å². The van der Waals surface area contributed by atoms with Crippen LogP contribution in [-0.2, 0) is 14.3 Å². The Hall–Kier alpha value is -2.37. The SMILES string of the molecule is CCCCOC(=O)c1ccc(NC(=O)C2CC(=O)N(CC)C2)cc1. The van der Waals surface area contributed by atoms with Gasteiger partial charge in [0.1, 0.15) is 0 Å². The minimum absolute atomic E-state index is 0.0165. The molecule has 1 aromatic rings. The van der Waals surface area contributed by atoms with Crippen molar-refractivity contribution in [3.63, 3.8) is 0 Å². The first-order valence-electron chi connectivity index (χ1n) is 8.41. The monoisotopic (exact) mass is 332 g/mol. The Balaban J connectivity index is 1.88. The number of amides is 2. The summed E-state index contributed by atoms with van der Waals surface area (Å²) in [6.45, 7) is 5.43. The highest BCUT2D eigenvalue weighted by atomic mass is 16.5. The van der Waals surface area contributed by atoms with Gasteiger partial charge < -0.3 is 15.0 Å². The number of carbonyl (C=O) groups excluding carboxylic acids is 3. The highest BCUT2D eigenvalue weighted by Crippen LogP contribution is 2.20. The van der Waals surface area contributed by atoms with Crippen LogP contribution in [0.15, 0.2) is 24.3 Å². The van der Waals surface area contributed by atoms with Gasteiger partial charge in [0, 0.05) is 25.2 Å². The fourth-order valence-corrected chi connectivity index (χ4v) is 2.58. The smallest absolute Gasteiger partial charge is 0.338 e. The molecule has 1 unspecified atom stereocenters. The average Bonchev–Trinajstić information content (AvgIpc) is 2.96. The number of nitrogens with zero attached hydrogens (tertiary/aromatic N) is 1. The van der Waals surface area contributed by atoms with Crippen LogP contribution in [0.5, 0.6) is 0 Å². The number of carbonyl (C=O) groups is 3. The molecule has 1 N–H and O–H groups in total. The number of hydrogen-bond acceptors (Lipinski definition) is 4.